The third-order valence-corrected chi connectivity index (χ3v) is 4.12. The number of hydrogen-bond acceptors (Lipinski definition) is 4. The first-order chi connectivity index (χ1) is 11.6. The fourth-order valence-corrected chi connectivity index (χ4v) is 2.82. The van der Waals surface area contributed by atoms with Crippen LogP contribution in [0.4, 0.5) is 8.78 Å². The average molecular weight is 335 g/mol. The Labute approximate surface area is 138 Å². The molecule has 1 fully saturated rings. The van der Waals surface area contributed by atoms with Crippen LogP contribution in [0.5, 0.6) is 0 Å². The SMILES string of the molecule is CN(Cc1nccn1C(F)F)C(=O)C1CC(c2ccccc2)NN1. The maximum absolute atomic E-state index is 12.8. The van der Waals surface area contributed by atoms with Gasteiger partial charge < -0.3 is 4.90 Å². The molecular formula is C16H19F2N5O. The van der Waals surface area contributed by atoms with Crippen LogP contribution in [0.15, 0.2) is 42.7 Å². The Morgan fingerprint density at radius 2 is 2.12 bits per heavy atom. The predicted octanol–water partition coefficient (Wildman–Crippen LogP) is 1.84. The van der Waals surface area contributed by atoms with Crippen molar-refractivity contribution >= 4 is 5.91 Å². The van der Waals surface area contributed by atoms with Gasteiger partial charge in [0, 0.05) is 25.5 Å². The van der Waals surface area contributed by atoms with Crippen LogP contribution in [0.3, 0.4) is 0 Å². The van der Waals surface area contributed by atoms with Crippen molar-refractivity contribution in [2.75, 3.05) is 7.05 Å². The summed E-state index contributed by atoms with van der Waals surface area (Å²) in [7, 11) is 1.59. The van der Waals surface area contributed by atoms with Crippen LogP contribution in [0.2, 0.25) is 0 Å². The molecule has 0 radical (unpaired) electrons. The monoisotopic (exact) mass is 335 g/mol. The lowest BCUT2D eigenvalue weighted by atomic mass is 10.0. The predicted molar refractivity (Wildman–Crippen MR) is 83.8 cm³/mol. The van der Waals surface area contributed by atoms with Crippen LogP contribution < -0.4 is 10.9 Å². The molecule has 1 aliphatic rings. The molecule has 128 valence electrons. The number of amides is 1. The van der Waals surface area contributed by atoms with Crippen molar-refractivity contribution in [3.63, 3.8) is 0 Å². The number of likely N-dealkylation sites (N-methyl/N-ethyl adjacent to an activating group) is 1. The fraction of sp³-hybridized carbons (Fsp3) is 0.375. The Hall–Kier alpha value is -2.32. The van der Waals surface area contributed by atoms with E-state index in [4.69, 9.17) is 0 Å². The summed E-state index contributed by atoms with van der Waals surface area (Å²) in [5, 5.41) is 0. The number of benzene rings is 1. The second kappa shape index (κ2) is 7.06. The molecule has 8 heteroatoms. The number of alkyl halides is 2. The molecule has 2 unspecified atom stereocenters. The molecule has 2 N–H and O–H groups in total. The molecule has 1 aromatic carbocycles. The maximum atomic E-state index is 12.8. The highest BCUT2D eigenvalue weighted by Gasteiger charge is 2.32. The van der Waals surface area contributed by atoms with Crippen molar-refractivity contribution in [3.05, 3.63) is 54.1 Å². The number of carbonyl (C=O) groups is 1. The van der Waals surface area contributed by atoms with Crippen LogP contribution in [0.25, 0.3) is 0 Å². The first-order valence-corrected chi connectivity index (χ1v) is 7.67. The Morgan fingerprint density at radius 3 is 2.83 bits per heavy atom. The van der Waals surface area contributed by atoms with Gasteiger partial charge in [0.05, 0.1) is 6.54 Å². The number of rotatable bonds is 5. The number of hydrogen-bond donors (Lipinski definition) is 2. The van der Waals surface area contributed by atoms with E-state index in [2.05, 4.69) is 15.8 Å². The molecule has 2 atom stereocenters. The molecule has 2 aromatic rings. The normalized spacial score (nSPS) is 20.5. The Balaban J connectivity index is 1.61. The first kappa shape index (κ1) is 16.5. The van der Waals surface area contributed by atoms with Gasteiger partial charge in [-0.05, 0) is 12.0 Å². The standard InChI is InChI=1S/C16H19F2N5O/c1-22(10-14-19-7-8-23(14)16(17)18)15(24)13-9-12(20-21-13)11-5-3-2-4-6-11/h2-8,12-13,16,20-21H,9-10H2,1H3. The fourth-order valence-electron chi connectivity index (χ4n) is 2.82. The van der Waals surface area contributed by atoms with Crippen molar-refractivity contribution in [3.8, 4) is 0 Å². The molecule has 2 heterocycles. The van der Waals surface area contributed by atoms with Crippen molar-refractivity contribution in [2.24, 2.45) is 0 Å². The molecule has 0 aliphatic carbocycles. The molecule has 0 saturated carbocycles. The van der Waals surface area contributed by atoms with E-state index in [1.807, 2.05) is 30.3 Å². The highest BCUT2D eigenvalue weighted by molar-refractivity contribution is 5.82. The number of hydrazine groups is 1. The summed E-state index contributed by atoms with van der Waals surface area (Å²) in [6.45, 7) is -2.63. The topological polar surface area (TPSA) is 62.2 Å². The molecule has 0 spiro atoms. The van der Waals surface area contributed by atoms with E-state index >= 15 is 0 Å². The first-order valence-electron chi connectivity index (χ1n) is 7.67. The van der Waals surface area contributed by atoms with Gasteiger partial charge in [0.2, 0.25) is 5.91 Å². The van der Waals surface area contributed by atoms with Crippen LogP contribution in [0, 0.1) is 0 Å². The molecule has 6 nitrogen and oxygen atoms in total. The largest absolute Gasteiger partial charge is 0.337 e. The Morgan fingerprint density at radius 1 is 1.38 bits per heavy atom. The highest BCUT2D eigenvalue weighted by Crippen LogP contribution is 2.23. The van der Waals surface area contributed by atoms with E-state index in [1.54, 1.807) is 7.05 Å². The maximum Gasteiger partial charge on any atom is 0.319 e. The lowest BCUT2D eigenvalue weighted by Crippen LogP contribution is -2.44. The number of nitrogens with zero attached hydrogens (tertiary/aromatic N) is 3. The van der Waals surface area contributed by atoms with Gasteiger partial charge in [-0.25, -0.2) is 15.8 Å². The summed E-state index contributed by atoms with van der Waals surface area (Å²) < 4.78 is 26.5. The van der Waals surface area contributed by atoms with E-state index in [0.717, 1.165) is 10.1 Å². The van der Waals surface area contributed by atoms with E-state index in [9.17, 15) is 13.6 Å². The van der Waals surface area contributed by atoms with E-state index in [-0.39, 0.29) is 24.3 Å². The number of carbonyl (C=O) groups excluding carboxylic acids is 1. The van der Waals surface area contributed by atoms with E-state index in [1.165, 1.54) is 17.3 Å². The summed E-state index contributed by atoms with van der Waals surface area (Å²) in [6, 6.07) is 9.45. The second-order valence-electron chi connectivity index (χ2n) is 5.76. The van der Waals surface area contributed by atoms with Crippen LogP contribution >= 0.6 is 0 Å². The lowest BCUT2D eigenvalue weighted by Gasteiger charge is -2.21. The van der Waals surface area contributed by atoms with Gasteiger partial charge in [0.25, 0.3) is 0 Å². The summed E-state index contributed by atoms with van der Waals surface area (Å²) >= 11 is 0. The van der Waals surface area contributed by atoms with Crippen molar-refractivity contribution in [1.82, 2.24) is 25.3 Å². The second-order valence-corrected chi connectivity index (χ2v) is 5.76. The van der Waals surface area contributed by atoms with Gasteiger partial charge in [-0.15, -0.1) is 0 Å². The zero-order valence-electron chi connectivity index (χ0n) is 13.2. The zero-order valence-corrected chi connectivity index (χ0v) is 13.2. The molecule has 0 bridgehead atoms. The van der Waals surface area contributed by atoms with Crippen molar-refractivity contribution < 1.29 is 13.6 Å². The molecule has 24 heavy (non-hydrogen) atoms. The molecule has 1 aromatic heterocycles. The summed E-state index contributed by atoms with van der Waals surface area (Å²) in [4.78, 5) is 17.8. The summed E-state index contributed by atoms with van der Waals surface area (Å²) in [6.07, 6.45) is 3.11. The molecular weight excluding hydrogens is 316 g/mol. The molecule has 1 aliphatic heterocycles. The lowest BCUT2D eigenvalue weighted by molar-refractivity contribution is -0.132. The quantitative estimate of drug-likeness (QED) is 0.875. The van der Waals surface area contributed by atoms with Crippen LogP contribution in [-0.4, -0.2) is 33.4 Å². The van der Waals surface area contributed by atoms with Gasteiger partial charge in [-0.1, -0.05) is 30.3 Å². The summed E-state index contributed by atoms with van der Waals surface area (Å²) in [5.74, 6) is -0.00355. The highest BCUT2D eigenvalue weighted by atomic mass is 19.3. The number of imidazole rings is 1. The molecule has 3 rings (SSSR count). The van der Waals surface area contributed by atoms with Gasteiger partial charge in [-0.3, -0.25) is 9.36 Å². The van der Waals surface area contributed by atoms with Crippen molar-refractivity contribution in [2.45, 2.75) is 31.6 Å². The van der Waals surface area contributed by atoms with Crippen LogP contribution in [-0.2, 0) is 11.3 Å². The van der Waals surface area contributed by atoms with E-state index < -0.39 is 12.6 Å². The summed E-state index contributed by atoms with van der Waals surface area (Å²) in [5.41, 5.74) is 7.19. The minimum atomic E-state index is -2.67. The van der Waals surface area contributed by atoms with Gasteiger partial charge in [-0.2, -0.15) is 8.78 Å². The van der Waals surface area contributed by atoms with Crippen LogP contribution in [0.1, 0.15) is 30.4 Å². The number of nitrogens with one attached hydrogen (secondary N) is 2. The van der Waals surface area contributed by atoms with Crippen molar-refractivity contribution in [1.29, 1.82) is 0 Å². The Kier molecular flexibility index (Phi) is 4.86. The average Bonchev–Trinajstić information content (AvgIpc) is 3.24. The smallest absolute Gasteiger partial charge is 0.319 e. The number of halogens is 2. The molecule has 1 saturated heterocycles. The number of aromatic nitrogens is 2. The van der Waals surface area contributed by atoms with E-state index in [0.29, 0.717) is 6.42 Å². The van der Waals surface area contributed by atoms with Gasteiger partial charge >= 0.3 is 6.55 Å². The zero-order chi connectivity index (χ0) is 17.1. The Bertz CT molecular complexity index is 691. The molecule has 1 amide bonds. The minimum Gasteiger partial charge on any atom is -0.337 e. The van der Waals surface area contributed by atoms with Gasteiger partial charge in [0.1, 0.15) is 11.9 Å². The van der Waals surface area contributed by atoms with Gasteiger partial charge in [0.15, 0.2) is 0 Å². The minimum absolute atomic E-state index is 0.0321. The third-order valence-electron chi connectivity index (χ3n) is 4.12. The third kappa shape index (κ3) is 3.44.